The van der Waals surface area contributed by atoms with Crippen LogP contribution in [0.4, 0.5) is 5.69 Å². The Morgan fingerprint density at radius 3 is 2.48 bits per heavy atom. The van der Waals surface area contributed by atoms with Crippen LogP contribution in [0.1, 0.15) is 18.3 Å². The first kappa shape index (κ1) is 14.9. The van der Waals surface area contributed by atoms with Crippen LogP contribution in [-0.2, 0) is 4.79 Å². The predicted molar refractivity (Wildman–Crippen MR) is 79.8 cm³/mol. The van der Waals surface area contributed by atoms with Crippen LogP contribution in [0.25, 0.3) is 0 Å². The van der Waals surface area contributed by atoms with Crippen molar-refractivity contribution in [3.05, 3.63) is 35.7 Å². The number of H-pyrrole nitrogens is 1. The highest BCUT2D eigenvalue weighted by Gasteiger charge is 2.11. The Bertz CT molecular complexity index is 603. The van der Waals surface area contributed by atoms with Gasteiger partial charge in [0.2, 0.25) is 0 Å². The molecule has 1 heterocycles. The maximum absolute atomic E-state index is 11.9. The summed E-state index contributed by atoms with van der Waals surface area (Å²) in [6, 6.07) is 7.27. The third-order valence-corrected chi connectivity index (χ3v) is 2.90. The molecule has 0 aliphatic heterocycles. The van der Waals surface area contributed by atoms with Crippen LogP contribution in [0.2, 0.25) is 0 Å². The van der Waals surface area contributed by atoms with Crippen molar-refractivity contribution < 1.29 is 14.3 Å². The van der Waals surface area contributed by atoms with E-state index in [-0.39, 0.29) is 12.5 Å². The van der Waals surface area contributed by atoms with Crippen LogP contribution in [0.3, 0.4) is 0 Å². The number of carbonyl (C=O) groups excluding carboxylic acids is 1. The van der Waals surface area contributed by atoms with Gasteiger partial charge in [0.1, 0.15) is 0 Å². The highest BCUT2D eigenvalue weighted by molar-refractivity contribution is 5.93. The van der Waals surface area contributed by atoms with E-state index in [2.05, 4.69) is 15.5 Å². The maximum Gasteiger partial charge on any atom is 0.262 e. The molecule has 21 heavy (non-hydrogen) atoms. The number of carbonyl (C=O) groups is 1. The normalized spacial score (nSPS) is 10.2. The van der Waals surface area contributed by atoms with Crippen molar-refractivity contribution in [2.45, 2.75) is 20.8 Å². The number of aromatic nitrogens is 2. The van der Waals surface area contributed by atoms with Gasteiger partial charge in [0.15, 0.2) is 18.1 Å². The molecule has 0 aliphatic rings. The summed E-state index contributed by atoms with van der Waals surface area (Å²) < 4.78 is 11.0. The number of rotatable bonds is 6. The summed E-state index contributed by atoms with van der Waals surface area (Å²) in [6.07, 6.45) is 0. The molecule has 2 rings (SSSR count). The predicted octanol–water partition coefficient (Wildman–Crippen LogP) is 2.44. The number of benzene rings is 1. The van der Waals surface area contributed by atoms with Crippen molar-refractivity contribution in [2.75, 3.05) is 18.5 Å². The molecule has 0 saturated carbocycles. The maximum atomic E-state index is 11.9. The van der Waals surface area contributed by atoms with Crippen LogP contribution in [0.15, 0.2) is 24.3 Å². The highest BCUT2D eigenvalue weighted by atomic mass is 16.5. The standard InChI is InChI=1S/C15H19N3O3/c1-4-20-12-7-5-6-8-13(12)21-9-14(19)16-15-10(2)17-18-11(15)3/h5-8H,4,9H2,1-3H3,(H,16,19)(H,17,18). The Kier molecular flexibility index (Phi) is 4.81. The van der Waals surface area contributed by atoms with Crippen molar-refractivity contribution in [1.29, 1.82) is 0 Å². The topological polar surface area (TPSA) is 76.2 Å². The van der Waals surface area contributed by atoms with Crippen LogP contribution < -0.4 is 14.8 Å². The molecule has 0 spiro atoms. The molecule has 2 aromatic rings. The van der Waals surface area contributed by atoms with E-state index in [9.17, 15) is 4.79 Å². The zero-order chi connectivity index (χ0) is 15.2. The number of para-hydroxylation sites is 2. The molecule has 0 radical (unpaired) electrons. The average molecular weight is 289 g/mol. The van der Waals surface area contributed by atoms with Gasteiger partial charge in [-0.1, -0.05) is 12.1 Å². The largest absolute Gasteiger partial charge is 0.490 e. The second-order valence-corrected chi connectivity index (χ2v) is 4.53. The number of aromatic amines is 1. The molecule has 0 fully saturated rings. The van der Waals surface area contributed by atoms with Crippen LogP contribution >= 0.6 is 0 Å². The van der Waals surface area contributed by atoms with E-state index in [1.165, 1.54) is 0 Å². The molecular formula is C15H19N3O3. The third-order valence-electron chi connectivity index (χ3n) is 2.90. The van der Waals surface area contributed by atoms with Gasteiger partial charge in [0, 0.05) is 0 Å². The van der Waals surface area contributed by atoms with Gasteiger partial charge in [-0.2, -0.15) is 5.10 Å². The lowest BCUT2D eigenvalue weighted by atomic mass is 10.3. The number of nitrogens with one attached hydrogen (secondary N) is 2. The zero-order valence-corrected chi connectivity index (χ0v) is 12.4. The SMILES string of the molecule is CCOc1ccccc1OCC(=O)Nc1c(C)n[nH]c1C. The summed E-state index contributed by atoms with van der Waals surface area (Å²) in [4.78, 5) is 11.9. The van der Waals surface area contributed by atoms with E-state index in [0.29, 0.717) is 23.8 Å². The first-order chi connectivity index (χ1) is 10.1. The molecule has 0 unspecified atom stereocenters. The van der Waals surface area contributed by atoms with Crippen molar-refractivity contribution in [3.8, 4) is 11.5 Å². The van der Waals surface area contributed by atoms with E-state index in [0.717, 1.165) is 11.4 Å². The lowest BCUT2D eigenvalue weighted by molar-refractivity contribution is -0.118. The van der Waals surface area contributed by atoms with E-state index >= 15 is 0 Å². The number of amides is 1. The van der Waals surface area contributed by atoms with Gasteiger partial charge in [0.05, 0.1) is 23.7 Å². The van der Waals surface area contributed by atoms with E-state index in [1.54, 1.807) is 12.1 Å². The molecule has 1 aromatic carbocycles. The van der Waals surface area contributed by atoms with Gasteiger partial charge in [-0.3, -0.25) is 9.89 Å². The van der Waals surface area contributed by atoms with Crippen LogP contribution in [0, 0.1) is 13.8 Å². The first-order valence-electron chi connectivity index (χ1n) is 6.77. The lowest BCUT2D eigenvalue weighted by Gasteiger charge is -2.11. The van der Waals surface area contributed by atoms with Gasteiger partial charge >= 0.3 is 0 Å². The number of hydrogen-bond donors (Lipinski definition) is 2. The molecule has 112 valence electrons. The van der Waals surface area contributed by atoms with E-state index < -0.39 is 0 Å². The molecule has 2 N–H and O–H groups in total. The second-order valence-electron chi connectivity index (χ2n) is 4.53. The average Bonchev–Trinajstić information content (AvgIpc) is 2.78. The molecule has 0 bridgehead atoms. The minimum atomic E-state index is -0.242. The molecule has 0 atom stereocenters. The van der Waals surface area contributed by atoms with Gasteiger partial charge < -0.3 is 14.8 Å². The van der Waals surface area contributed by atoms with Crippen molar-refractivity contribution in [3.63, 3.8) is 0 Å². The zero-order valence-electron chi connectivity index (χ0n) is 12.4. The van der Waals surface area contributed by atoms with Crippen molar-refractivity contribution in [2.24, 2.45) is 0 Å². The monoisotopic (exact) mass is 289 g/mol. The fourth-order valence-corrected chi connectivity index (χ4v) is 1.90. The van der Waals surface area contributed by atoms with E-state index in [1.807, 2.05) is 32.9 Å². The Hall–Kier alpha value is -2.50. The Labute approximate surface area is 123 Å². The van der Waals surface area contributed by atoms with Crippen LogP contribution in [0.5, 0.6) is 11.5 Å². The lowest BCUT2D eigenvalue weighted by Crippen LogP contribution is -2.21. The third kappa shape index (κ3) is 3.75. The fraction of sp³-hybridized carbons (Fsp3) is 0.333. The summed E-state index contributed by atoms with van der Waals surface area (Å²) in [5, 5.41) is 9.62. The molecule has 1 aromatic heterocycles. The molecule has 6 heteroatoms. The molecule has 6 nitrogen and oxygen atoms in total. The first-order valence-corrected chi connectivity index (χ1v) is 6.77. The van der Waals surface area contributed by atoms with Crippen molar-refractivity contribution in [1.82, 2.24) is 10.2 Å². The Balaban J connectivity index is 1.96. The van der Waals surface area contributed by atoms with Gasteiger partial charge in [-0.15, -0.1) is 0 Å². The molecular weight excluding hydrogens is 270 g/mol. The number of aryl methyl sites for hydroxylation is 2. The van der Waals surface area contributed by atoms with Gasteiger partial charge in [0.25, 0.3) is 5.91 Å². The summed E-state index contributed by atoms with van der Waals surface area (Å²) in [5.41, 5.74) is 2.26. The molecule has 0 saturated heterocycles. The Morgan fingerprint density at radius 2 is 1.90 bits per heavy atom. The summed E-state index contributed by atoms with van der Waals surface area (Å²) in [7, 11) is 0. The van der Waals surface area contributed by atoms with Gasteiger partial charge in [-0.05, 0) is 32.9 Å². The number of nitrogens with zero attached hydrogens (tertiary/aromatic N) is 1. The number of hydrogen-bond acceptors (Lipinski definition) is 4. The highest BCUT2D eigenvalue weighted by Crippen LogP contribution is 2.26. The molecule has 0 aliphatic carbocycles. The van der Waals surface area contributed by atoms with Crippen LogP contribution in [-0.4, -0.2) is 29.3 Å². The summed E-state index contributed by atoms with van der Waals surface area (Å²) in [6.45, 7) is 6.02. The quantitative estimate of drug-likeness (QED) is 0.856. The number of anilines is 1. The fourth-order valence-electron chi connectivity index (χ4n) is 1.90. The van der Waals surface area contributed by atoms with Crippen molar-refractivity contribution >= 4 is 11.6 Å². The molecule has 1 amide bonds. The summed E-state index contributed by atoms with van der Waals surface area (Å²) >= 11 is 0. The second kappa shape index (κ2) is 6.78. The minimum absolute atomic E-state index is 0.0891. The Morgan fingerprint density at radius 1 is 1.24 bits per heavy atom. The minimum Gasteiger partial charge on any atom is -0.490 e. The summed E-state index contributed by atoms with van der Waals surface area (Å²) in [5.74, 6) is 0.938. The van der Waals surface area contributed by atoms with E-state index in [4.69, 9.17) is 9.47 Å². The smallest absolute Gasteiger partial charge is 0.262 e. The number of ether oxygens (including phenoxy) is 2. The van der Waals surface area contributed by atoms with Gasteiger partial charge in [-0.25, -0.2) is 0 Å².